The molecule has 0 fully saturated rings. The molecule has 8 aromatic carbocycles. The molecule has 248 valence electrons. The maximum atomic E-state index is 6.65. The second kappa shape index (κ2) is 12.9. The van der Waals surface area contributed by atoms with Crippen molar-refractivity contribution in [2.45, 2.75) is 0 Å². The Balaban J connectivity index is 1.21. The van der Waals surface area contributed by atoms with Crippen LogP contribution in [0.3, 0.4) is 0 Å². The first-order valence-electron chi connectivity index (χ1n) is 17.8. The predicted octanol–water partition coefficient (Wildman–Crippen LogP) is 12.9. The van der Waals surface area contributed by atoms with Crippen molar-refractivity contribution in [3.63, 3.8) is 0 Å². The monoisotopic (exact) mass is 677 g/mol. The molecule has 2 heterocycles. The lowest BCUT2D eigenvalue weighted by Gasteiger charge is -2.14. The molecule has 4 heteroatoms. The molecular weight excluding hydrogens is 647 g/mol. The van der Waals surface area contributed by atoms with Gasteiger partial charge in [0.25, 0.3) is 0 Å². The zero-order valence-electron chi connectivity index (χ0n) is 28.6. The summed E-state index contributed by atoms with van der Waals surface area (Å²) in [7, 11) is 0. The average Bonchev–Trinajstić information content (AvgIpc) is 3.63. The molecular formula is C49H31N3O. The lowest BCUT2D eigenvalue weighted by Crippen LogP contribution is -2.01. The van der Waals surface area contributed by atoms with Gasteiger partial charge in [-0.15, -0.1) is 0 Å². The fourth-order valence-corrected chi connectivity index (χ4v) is 7.32. The Kier molecular flexibility index (Phi) is 7.43. The van der Waals surface area contributed by atoms with Gasteiger partial charge in [0.05, 0.1) is 0 Å². The molecule has 0 radical (unpaired) electrons. The Bertz CT molecular complexity index is 2800. The van der Waals surface area contributed by atoms with Crippen molar-refractivity contribution in [2.75, 3.05) is 0 Å². The van der Waals surface area contributed by atoms with Crippen LogP contribution in [0, 0.1) is 0 Å². The Morgan fingerprint density at radius 3 is 1.34 bits per heavy atom. The van der Waals surface area contributed by atoms with Crippen LogP contribution < -0.4 is 0 Å². The highest BCUT2D eigenvalue weighted by Gasteiger charge is 2.21. The second-order valence-electron chi connectivity index (χ2n) is 13.2. The van der Waals surface area contributed by atoms with Crippen LogP contribution in [-0.2, 0) is 0 Å². The molecule has 0 aliphatic rings. The smallest absolute Gasteiger partial charge is 0.164 e. The van der Waals surface area contributed by atoms with Gasteiger partial charge in [-0.05, 0) is 50.9 Å². The third-order valence-corrected chi connectivity index (χ3v) is 9.97. The molecule has 0 saturated carbocycles. The molecule has 0 aliphatic heterocycles. The topological polar surface area (TPSA) is 51.8 Å². The highest BCUT2D eigenvalue weighted by atomic mass is 16.3. The van der Waals surface area contributed by atoms with E-state index < -0.39 is 0 Å². The number of hydrogen-bond donors (Lipinski definition) is 0. The molecule has 10 rings (SSSR count). The SMILES string of the molecule is c1ccc(-c2ccc(-c3nc(-c4ccc(-c5ccccc5)cc4)nc(-c4cc5c6ccccc6oc5c5c(-c6ccccc6)cccc45)n3)cc2)cc1. The van der Waals surface area contributed by atoms with Crippen molar-refractivity contribution < 1.29 is 4.42 Å². The molecule has 0 amide bonds. The fraction of sp³-hybridized carbons (Fsp3) is 0. The number of hydrogen-bond acceptors (Lipinski definition) is 4. The van der Waals surface area contributed by atoms with E-state index in [9.17, 15) is 0 Å². The summed E-state index contributed by atoms with van der Waals surface area (Å²) in [5.74, 6) is 1.83. The van der Waals surface area contributed by atoms with Crippen molar-refractivity contribution in [1.29, 1.82) is 0 Å². The first kappa shape index (κ1) is 30.6. The molecule has 10 aromatic rings. The van der Waals surface area contributed by atoms with E-state index in [0.717, 1.165) is 82.8 Å². The number of furan rings is 1. The third kappa shape index (κ3) is 5.54. The first-order chi connectivity index (χ1) is 26.3. The van der Waals surface area contributed by atoms with Crippen molar-refractivity contribution >= 4 is 32.7 Å². The lowest BCUT2D eigenvalue weighted by molar-refractivity contribution is 0.673. The van der Waals surface area contributed by atoms with Crippen molar-refractivity contribution in [3.8, 4) is 67.5 Å². The predicted molar refractivity (Wildman–Crippen MR) is 217 cm³/mol. The largest absolute Gasteiger partial charge is 0.455 e. The summed E-state index contributed by atoms with van der Waals surface area (Å²) in [6, 6.07) is 65.1. The number of rotatable bonds is 6. The summed E-state index contributed by atoms with van der Waals surface area (Å²) >= 11 is 0. The van der Waals surface area contributed by atoms with Gasteiger partial charge in [-0.2, -0.15) is 0 Å². The van der Waals surface area contributed by atoms with Crippen LogP contribution in [0.5, 0.6) is 0 Å². The van der Waals surface area contributed by atoms with Crippen LogP contribution in [0.1, 0.15) is 0 Å². The minimum absolute atomic E-state index is 0.603. The minimum atomic E-state index is 0.603. The van der Waals surface area contributed by atoms with E-state index >= 15 is 0 Å². The standard InChI is InChI=1S/C49H31N3O/c1-4-13-32(14-5-1)34-23-27-37(28-24-34)47-50-48(38-29-25-35(26-30-38)33-15-6-2-7-16-33)52-49(51-47)43-31-42-40-19-10-11-22-44(40)53-46(42)45-39(20-12-21-41(43)45)36-17-8-3-9-18-36/h1-31H. The maximum absolute atomic E-state index is 6.65. The summed E-state index contributed by atoms with van der Waals surface area (Å²) < 4.78 is 6.65. The molecule has 0 atom stereocenters. The van der Waals surface area contributed by atoms with Crippen molar-refractivity contribution in [2.24, 2.45) is 0 Å². The summed E-state index contributed by atoms with van der Waals surface area (Å²) in [4.78, 5) is 15.6. The molecule has 0 aliphatic carbocycles. The van der Waals surface area contributed by atoms with Crippen molar-refractivity contribution in [1.82, 2.24) is 15.0 Å². The Labute approximate surface area is 306 Å². The summed E-state index contributed by atoms with van der Waals surface area (Å²) in [6.45, 7) is 0. The molecule has 0 unspecified atom stereocenters. The van der Waals surface area contributed by atoms with Gasteiger partial charge in [0.2, 0.25) is 0 Å². The van der Waals surface area contributed by atoms with Crippen molar-refractivity contribution in [3.05, 3.63) is 188 Å². The van der Waals surface area contributed by atoms with Crippen LogP contribution in [0.15, 0.2) is 192 Å². The number of benzene rings is 8. The van der Waals surface area contributed by atoms with Crippen LogP contribution >= 0.6 is 0 Å². The van der Waals surface area contributed by atoms with Crippen LogP contribution in [0.25, 0.3) is 100 Å². The fourth-order valence-electron chi connectivity index (χ4n) is 7.32. The highest BCUT2D eigenvalue weighted by molar-refractivity contribution is 6.22. The van der Waals surface area contributed by atoms with E-state index in [1.165, 1.54) is 0 Å². The minimum Gasteiger partial charge on any atom is -0.455 e. The molecule has 0 bridgehead atoms. The lowest BCUT2D eigenvalue weighted by atomic mass is 9.93. The van der Waals surface area contributed by atoms with E-state index in [1.54, 1.807) is 0 Å². The highest BCUT2D eigenvalue weighted by Crippen LogP contribution is 2.43. The zero-order chi connectivity index (χ0) is 35.1. The second-order valence-corrected chi connectivity index (χ2v) is 13.2. The quantitative estimate of drug-likeness (QED) is 0.176. The Morgan fingerprint density at radius 2 is 0.755 bits per heavy atom. The molecule has 0 N–H and O–H groups in total. The number of aromatic nitrogens is 3. The maximum Gasteiger partial charge on any atom is 0.164 e. The van der Waals surface area contributed by atoms with Gasteiger partial charge in [0.1, 0.15) is 11.2 Å². The van der Waals surface area contributed by atoms with E-state index in [4.69, 9.17) is 19.4 Å². The molecule has 2 aromatic heterocycles. The van der Waals surface area contributed by atoms with Gasteiger partial charge in [-0.3, -0.25) is 0 Å². The Morgan fingerprint density at radius 1 is 0.302 bits per heavy atom. The van der Waals surface area contributed by atoms with Gasteiger partial charge < -0.3 is 4.42 Å². The summed E-state index contributed by atoms with van der Waals surface area (Å²) in [5.41, 5.74) is 11.3. The van der Waals surface area contributed by atoms with E-state index in [0.29, 0.717) is 17.5 Å². The van der Waals surface area contributed by atoms with Gasteiger partial charge >= 0.3 is 0 Å². The molecule has 53 heavy (non-hydrogen) atoms. The Hall–Kier alpha value is -7.17. The molecule has 4 nitrogen and oxygen atoms in total. The van der Waals surface area contributed by atoms with Crippen LogP contribution in [-0.4, -0.2) is 15.0 Å². The van der Waals surface area contributed by atoms with E-state index in [2.05, 4.69) is 158 Å². The van der Waals surface area contributed by atoms with Gasteiger partial charge in [0.15, 0.2) is 17.5 Å². The van der Waals surface area contributed by atoms with E-state index in [-0.39, 0.29) is 0 Å². The summed E-state index contributed by atoms with van der Waals surface area (Å²) in [5, 5.41) is 4.12. The van der Waals surface area contributed by atoms with Crippen LogP contribution in [0.2, 0.25) is 0 Å². The molecule has 0 saturated heterocycles. The van der Waals surface area contributed by atoms with Gasteiger partial charge in [0, 0.05) is 32.8 Å². The number of nitrogens with zero attached hydrogens (tertiary/aromatic N) is 3. The first-order valence-corrected chi connectivity index (χ1v) is 17.8. The number of fused-ring (bicyclic) bond motifs is 5. The normalized spacial score (nSPS) is 11.4. The summed E-state index contributed by atoms with van der Waals surface area (Å²) in [6.07, 6.45) is 0. The van der Waals surface area contributed by atoms with Gasteiger partial charge in [-0.25, -0.2) is 15.0 Å². The zero-order valence-corrected chi connectivity index (χ0v) is 28.6. The van der Waals surface area contributed by atoms with Crippen LogP contribution in [0.4, 0.5) is 0 Å². The number of para-hydroxylation sites is 1. The van der Waals surface area contributed by atoms with E-state index in [1.807, 2.05) is 30.3 Å². The average molecular weight is 678 g/mol. The third-order valence-electron chi connectivity index (χ3n) is 9.97. The molecule has 0 spiro atoms. The van der Waals surface area contributed by atoms with Gasteiger partial charge in [-0.1, -0.05) is 176 Å².